The maximum absolute atomic E-state index is 14.1. The molecular formula is C19H21FN2O4S. The lowest BCUT2D eigenvalue weighted by molar-refractivity contribution is 0.0730. The van der Waals surface area contributed by atoms with Gasteiger partial charge in [0.15, 0.2) is 0 Å². The zero-order valence-corrected chi connectivity index (χ0v) is 15.8. The third-order valence-corrected chi connectivity index (χ3v) is 6.26. The van der Waals surface area contributed by atoms with E-state index in [0.29, 0.717) is 13.2 Å². The maximum atomic E-state index is 14.1. The fraction of sp³-hybridized carbons (Fsp3) is 0.316. The van der Waals surface area contributed by atoms with Crippen molar-refractivity contribution in [1.29, 1.82) is 0 Å². The number of ether oxygens (including phenoxy) is 1. The number of amides is 1. The van der Waals surface area contributed by atoms with Crippen LogP contribution in [-0.2, 0) is 21.3 Å². The Morgan fingerprint density at radius 3 is 2.48 bits per heavy atom. The summed E-state index contributed by atoms with van der Waals surface area (Å²) < 4.78 is 46.0. The number of sulfonamides is 1. The van der Waals surface area contributed by atoms with E-state index in [1.54, 1.807) is 0 Å². The van der Waals surface area contributed by atoms with E-state index in [0.717, 1.165) is 23.3 Å². The van der Waals surface area contributed by atoms with Crippen molar-refractivity contribution in [2.75, 3.05) is 26.3 Å². The van der Waals surface area contributed by atoms with Gasteiger partial charge >= 0.3 is 0 Å². The first-order valence-corrected chi connectivity index (χ1v) is 10.0. The van der Waals surface area contributed by atoms with Crippen molar-refractivity contribution in [3.05, 3.63) is 65.0 Å². The zero-order chi connectivity index (χ0) is 19.4. The summed E-state index contributed by atoms with van der Waals surface area (Å²) in [5.74, 6) is -1.43. The second kappa shape index (κ2) is 8.16. The lowest BCUT2D eigenvalue weighted by Gasteiger charge is -2.26. The van der Waals surface area contributed by atoms with E-state index < -0.39 is 21.7 Å². The first-order chi connectivity index (χ1) is 12.9. The smallest absolute Gasteiger partial charge is 0.254 e. The summed E-state index contributed by atoms with van der Waals surface area (Å²) >= 11 is 0. The normalized spacial score (nSPS) is 15.5. The van der Waals surface area contributed by atoms with Crippen molar-refractivity contribution >= 4 is 15.9 Å². The average molecular weight is 392 g/mol. The number of morpholine rings is 1. The van der Waals surface area contributed by atoms with Gasteiger partial charge in [-0.15, -0.1) is 0 Å². The van der Waals surface area contributed by atoms with E-state index >= 15 is 0 Å². The lowest BCUT2D eigenvalue weighted by Crippen LogP contribution is -2.40. The highest BCUT2D eigenvalue weighted by Crippen LogP contribution is 2.20. The van der Waals surface area contributed by atoms with Gasteiger partial charge in [0, 0.05) is 19.6 Å². The van der Waals surface area contributed by atoms with Crippen molar-refractivity contribution in [3.63, 3.8) is 0 Å². The van der Waals surface area contributed by atoms with Gasteiger partial charge in [-0.3, -0.25) is 4.79 Å². The van der Waals surface area contributed by atoms with E-state index in [1.807, 2.05) is 31.2 Å². The van der Waals surface area contributed by atoms with Crippen LogP contribution in [0.4, 0.5) is 4.39 Å². The van der Waals surface area contributed by atoms with Gasteiger partial charge in [0.05, 0.1) is 23.7 Å². The molecule has 8 heteroatoms. The molecule has 1 aliphatic rings. The van der Waals surface area contributed by atoms with Crippen LogP contribution in [0.5, 0.6) is 0 Å². The van der Waals surface area contributed by atoms with Gasteiger partial charge in [-0.1, -0.05) is 29.8 Å². The minimum absolute atomic E-state index is 0.105. The fourth-order valence-corrected chi connectivity index (χ4v) is 4.19. The Morgan fingerprint density at radius 1 is 1.15 bits per heavy atom. The molecule has 1 aliphatic heterocycles. The average Bonchev–Trinajstić information content (AvgIpc) is 2.68. The van der Waals surface area contributed by atoms with Gasteiger partial charge in [-0.05, 0) is 30.7 Å². The second-order valence-electron chi connectivity index (χ2n) is 6.33. The minimum Gasteiger partial charge on any atom is -0.379 e. The topological polar surface area (TPSA) is 75.7 Å². The molecule has 2 aromatic rings. The summed E-state index contributed by atoms with van der Waals surface area (Å²) in [5, 5.41) is 2.63. The highest BCUT2D eigenvalue weighted by molar-refractivity contribution is 7.89. The van der Waals surface area contributed by atoms with E-state index in [2.05, 4.69) is 5.32 Å². The number of nitrogens with zero attached hydrogens (tertiary/aromatic N) is 1. The quantitative estimate of drug-likeness (QED) is 0.845. The number of hydrogen-bond donors (Lipinski definition) is 1. The Morgan fingerprint density at radius 2 is 1.81 bits per heavy atom. The van der Waals surface area contributed by atoms with Crippen LogP contribution >= 0.6 is 0 Å². The molecule has 0 saturated carbocycles. The summed E-state index contributed by atoms with van der Waals surface area (Å²) in [7, 11) is -3.80. The lowest BCUT2D eigenvalue weighted by atomic mass is 10.1. The van der Waals surface area contributed by atoms with Crippen molar-refractivity contribution in [2.24, 2.45) is 0 Å². The Hall–Kier alpha value is -2.29. The molecule has 0 aliphatic carbocycles. The van der Waals surface area contributed by atoms with Crippen molar-refractivity contribution < 1.29 is 22.3 Å². The third kappa shape index (κ3) is 4.52. The molecule has 0 atom stereocenters. The summed E-state index contributed by atoms with van der Waals surface area (Å²) in [6, 6.07) is 10.8. The first kappa shape index (κ1) is 19.5. The SMILES string of the molecule is Cc1ccc(CNC(=O)c2cc(S(=O)(=O)N3CCOCC3)ccc2F)cc1. The Labute approximate surface area is 158 Å². The van der Waals surface area contributed by atoms with Crippen LogP contribution in [0.1, 0.15) is 21.5 Å². The molecule has 0 spiro atoms. The summed E-state index contributed by atoms with van der Waals surface area (Å²) in [4.78, 5) is 12.3. The first-order valence-electron chi connectivity index (χ1n) is 8.59. The van der Waals surface area contributed by atoms with Crippen LogP contribution in [0, 0.1) is 12.7 Å². The molecule has 0 bridgehead atoms. The van der Waals surface area contributed by atoms with E-state index in [-0.39, 0.29) is 30.1 Å². The Balaban J connectivity index is 1.78. The Bertz CT molecular complexity index is 923. The van der Waals surface area contributed by atoms with Crippen molar-refractivity contribution in [2.45, 2.75) is 18.4 Å². The molecule has 0 unspecified atom stereocenters. The standard InChI is InChI=1S/C19H21FN2O4S/c1-14-2-4-15(5-3-14)13-21-19(23)17-12-16(6-7-18(17)20)27(24,25)22-8-10-26-11-9-22/h2-7,12H,8-11,13H2,1H3,(H,21,23). The number of aryl methyl sites for hydroxylation is 1. The number of nitrogens with one attached hydrogen (secondary N) is 1. The van der Waals surface area contributed by atoms with Gasteiger partial charge in [-0.25, -0.2) is 12.8 Å². The molecular weight excluding hydrogens is 371 g/mol. The minimum atomic E-state index is -3.80. The molecule has 27 heavy (non-hydrogen) atoms. The van der Waals surface area contributed by atoms with E-state index in [9.17, 15) is 17.6 Å². The number of rotatable bonds is 5. The number of halogens is 1. The number of carbonyl (C=O) groups excluding carboxylic acids is 1. The van der Waals surface area contributed by atoms with Gasteiger partial charge in [0.1, 0.15) is 5.82 Å². The predicted octanol–water partition coefficient (Wildman–Crippen LogP) is 2.09. The van der Waals surface area contributed by atoms with Gasteiger partial charge < -0.3 is 10.1 Å². The summed E-state index contributed by atoms with van der Waals surface area (Å²) in [5.41, 5.74) is 1.67. The van der Waals surface area contributed by atoms with Crippen LogP contribution in [0.3, 0.4) is 0 Å². The largest absolute Gasteiger partial charge is 0.379 e. The fourth-order valence-electron chi connectivity index (χ4n) is 2.76. The molecule has 1 saturated heterocycles. The molecule has 1 amide bonds. The van der Waals surface area contributed by atoms with Gasteiger partial charge in [-0.2, -0.15) is 4.31 Å². The van der Waals surface area contributed by atoms with E-state index in [4.69, 9.17) is 4.74 Å². The monoisotopic (exact) mass is 392 g/mol. The third-order valence-electron chi connectivity index (χ3n) is 4.36. The van der Waals surface area contributed by atoms with Crippen molar-refractivity contribution in [1.82, 2.24) is 9.62 Å². The Kier molecular flexibility index (Phi) is 5.88. The molecule has 0 aromatic heterocycles. The van der Waals surface area contributed by atoms with Gasteiger partial charge in [0.25, 0.3) is 5.91 Å². The van der Waals surface area contributed by atoms with Crippen LogP contribution in [-0.4, -0.2) is 44.9 Å². The van der Waals surface area contributed by atoms with Crippen LogP contribution in [0.15, 0.2) is 47.4 Å². The van der Waals surface area contributed by atoms with Gasteiger partial charge in [0.2, 0.25) is 10.0 Å². The van der Waals surface area contributed by atoms with Crippen LogP contribution in [0.25, 0.3) is 0 Å². The maximum Gasteiger partial charge on any atom is 0.254 e. The predicted molar refractivity (Wildman–Crippen MR) is 98.3 cm³/mol. The number of hydrogen-bond acceptors (Lipinski definition) is 4. The molecule has 1 N–H and O–H groups in total. The highest BCUT2D eigenvalue weighted by Gasteiger charge is 2.27. The molecule has 144 valence electrons. The number of carbonyl (C=O) groups is 1. The molecule has 2 aromatic carbocycles. The van der Waals surface area contributed by atoms with Crippen LogP contribution in [0.2, 0.25) is 0 Å². The van der Waals surface area contributed by atoms with E-state index in [1.165, 1.54) is 10.4 Å². The summed E-state index contributed by atoms with van der Waals surface area (Å²) in [6.45, 7) is 3.26. The second-order valence-corrected chi connectivity index (χ2v) is 8.26. The zero-order valence-electron chi connectivity index (χ0n) is 14.9. The molecule has 1 heterocycles. The number of benzene rings is 2. The molecule has 0 radical (unpaired) electrons. The van der Waals surface area contributed by atoms with Crippen molar-refractivity contribution in [3.8, 4) is 0 Å². The van der Waals surface area contributed by atoms with Crippen LogP contribution < -0.4 is 5.32 Å². The highest BCUT2D eigenvalue weighted by atomic mass is 32.2. The molecule has 3 rings (SSSR count). The molecule has 1 fully saturated rings. The summed E-state index contributed by atoms with van der Waals surface area (Å²) in [6.07, 6.45) is 0. The molecule has 6 nitrogen and oxygen atoms in total.